The van der Waals surface area contributed by atoms with Gasteiger partial charge in [-0.05, 0) is 12.2 Å². The average Bonchev–Trinajstić information content (AvgIpc) is 2.00. The minimum atomic E-state index is 0.249. The molecule has 1 aromatic rings. The molecule has 0 radical (unpaired) electrons. The lowest BCUT2D eigenvalue weighted by atomic mass is 10.1. The van der Waals surface area contributed by atoms with E-state index in [0.29, 0.717) is 9.41 Å². The van der Waals surface area contributed by atoms with Crippen molar-refractivity contribution in [2.75, 3.05) is 5.84 Å². The Labute approximate surface area is 80.4 Å². The monoisotopic (exact) mass is 202 g/mol. The summed E-state index contributed by atoms with van der Waals surface area (Å²) in [5.41, 5.74) is 0.765. The second-order valence-corrected chi connectivity index (χ2v) is 3.52. The summed E-state index contributed by atoms with van der Waals surface area (Å²) in [5.74, 6) is 5.81. The van der Waals surface area contributed by atoms with Gasteiger partial charge >= 0.3 is 0 Å². The van der Waals surface area contributed by atoms with Crippen molar-refractivity contribution in [2.45, 2.75) is 19.8 Å². The van der Waals surface area contributed by atoms with Crippen LogP contribution in [0.3, 0.4) is 0 Å². The molecule has 0 spiro atoms. The van der Waals surface area contributed by atoms with E-state index in [0.717, 1.165) is 5.69 Å². The fourth-order valence-corrected chi connectivity index (χ4v) is 1.37. The third kappa shape index (κ3) is 1.54. The van der Waals surface area contributed by atoms with Gasteiger partial charge in [0.25, 0.3) is 0 Å². The van der Waals surface area contributed by atoms with E-state index in [2.05, 4.69) is 10.2 Å². The van der Waals surface area contributed by atoms with E-state index in [-0.39, 0.29) is 5.92 Å². The number of nitrogens with one attached hydrogen (secondary N) is 1. The number of H-pyrrole nitrogens is 1. The van der Waals surface area contributed by atoms with Crippen molar-refractivity contribution in [3.8, 4) is 0 Å². The summed E-state index contributed by atoms with van der Waals surface area (Å²) >= 11 is 9.89. The van der Waals surface area contributed by atoms with Crippen LogP contribution < -0.4 is 5.84 Å². The number of nitrogens with zero attached hydrogens (tertiary/aromatic N) is 2. The first-order valence-electron chi connectivity index (χ1n) is 3.50. The molecule has 0 saturated carbocycles. The Kier molecular flexibility index (Phi) is 2.58. The highest BCUT2D eigenvalue weighted by atomic mass is 32.1. The lowest BCUT2D eigenvalue weighted by Gasteiger charge is -2.06. The Bertz CT molecular complexity index is 389. The number of aromatic amines is 1. The van der Waals surface area contributed by atoms with Gasteiger partial charge in [0.15, 0.2) is 4.64 Å². The molecule has 1 rings (SSSR count). The first-order valence-corrected chi connectivity index (χ1v) is 4.32. The third-order valence-electron chi connectivity index (χ3n) is 1.48. The molecule has 0 bridgehead atoms. The quantitative estimate of drug-likeness (QED) is 0.535. The number of hydrogen-bond donors (Lipinski definition) is 2. The van der Waals surface area contributed by atoms with Crippen LogP contribution in [-0.4, -0.2) is 14.9 Å². The number of aromatic nitrogens is 3. The Hall–Kier alpha value is -0.750. The van der Waals surface area contributed by atoms with Crippen molar-refractivity contribution in [1.29, 1.82) is 0 Å². The number of rotatable bonds is 1. The maximum Gasteiger partial charge on any atom is 0.213 e. The largest absolute Gasteiger partial charge is 0.336 e. The van der Waals surface area contributed by atoms with Gasteiger partial charge in [-0.3, -0.25) is 5.10 Å². The maximum absolute atomic E-state index is 5.56. The first-order chi connectivity index (χ1) is 5.54. The van der Waals surface area contributed by atoms with Crippen LogP contribution >= 0.6 is 24.4 Å². The zero-order chi connectivity index (χ0) is 9.30. The van der Waals surface area contributed by atoms with Crippen LogP contribution in [0.4, 0.5) is 0 Å². The third-order valence-corrected chi connectivity index (χ3v) is 2.17. The molecule has 0 unspecified atom stereocenters. The summed E-state index contributed by atoms with van der Waals surface area (Å²) in [4.78, 5) is 0. The normalized spacial score (nSPS) is 10.6. The predicted octanol–water partition coefficient (Wildman–Crippen LogP) is 1.51. The summed E-state index contributed by atoms with van der Waals surface area (Å²) < 4.78 is 2.09. The molecule has 1 aromatic heterocycles. The van der Waals surface area contributed by atoms with Gasteiger partial charge in [-0.15, -0.1) is 0 Å². The summed E-state index contributed by atoms with van der Waals surface area (Å²) in [6.07, 6.45) is 0. The number of nitrogens with two attached hydrogens (primary N) is 1. The molecule has 0 fully saturated rings. The molecule has 0 amide bonds. The van der Waals surface area contributed by atoms with Gasteiger partial charge in [-0.2, -0.15) is 5.10 Å². The molecular formula is C6H10N4S2. The molecule has 0 aliphatic rings. The molecule has 0 aliphatic carbocycles. The van der Waals surface area contributed by atoms with Gasteiger partial charge in [-0.1, -0.05) is 26.1 Å². The van der Waals surface area contributed by atoms with E-state index < -0.39 is 0 Å². The van der Waals surface area contributed by atoms with Crippen LogP contribution in [0.5, 0.6) is 0 Å². The van der Waals surface area contributed by atoms with Crippen molar-refractivity contribution >= 4 is 24.4 Å². The van der Waals surface area contributed by atoms with Gasteiger partial charge in [0.2, 0.25) is 4.77 Å². The Morgan fingerprint density at radius 3 is 2.58 bits per heavy atom. The van der Waals surface area contributed by atoms with Crippen molar-refractivity contribution in [1.82, 2.24) is 14.9 Å². The number of nitrogen functional groups attached to an aromatic ring is 1. The van der Waals surface area contributed by atoms with Crippen LogP contribution in [0, 0.1) is 9.41 Å². The fourth-order valence-electron chi connectivity index (χ4n) is 0.801. The van der Waals surface area contributed by atoms with Crippen molar-refractivity contribution in [3.05, 3.63) is 15.1 Å². The SMILES string of the molecule is CC(C)c1n[nH]c(=S)n(N)c1=S. The zero-order valence-electron chi connectivity index (χ0n) is 6.87. The molecule has 12 heavy (non-hydrogen) atoms. The summed E-state index contributed by atoms with van der Waals surface area (Å²) in [6.45, 7) is 3.99. The Balaban J connectivity index is 3.48. The molecular weight excluding hydrogens is 192 g/mol. The van der Waals surface area contributed by atoms with E-state index >= 15 is 0 Å². The van der Waals surface area contributed by atoms with E-state index in [9.17, 15) is 0 Å². The standard InChI is InChI=1S/C6H10N4S2/c1-3(2)4-5(11)10(7)6(12)9-8-4/h3H,7H2,1-2H3,(H,9,12). The van der Waals surface area contributed by atoms with Gasteiger partial charge in [-0.25, -0.2) is 4.68 Å². The lowest BCUT2D eigenvalue weighted by Crippen LogP contribution is -2.16. The Morgan fingerprint density at radius 2 is 2.08 bits per heavy atom. The molecule has 6 heteroatoms. The van der Waals surface area contributed by atoms with Crippen LogP contribution in [0.2, 0.25) is 0 Å². The molecule has 0 saturated heterocycles. The van der Waals surface area contributed by atoms with Gasteiger partial charge in [0.1, 0.15) is 0 Å². The second-order valence-electron chi connectivity index (χ2n) is 2.74. The van der Waals surface area contributed by atoms with Gasteiger partial charge in [0, 0.05) is 5.92 Å². The molecule has 0 atom stereocenters. The molecule has 4 nitrogen and oxygen atoms in total. The number of hydrogen-bond acceptors (Lipinski definition) is 4. The topological polar surface area (TPSA) is 59.6 Å². The van der Waals surface area contributed by atoms with Crippen molar-refractivity contribution in [2.24, 2.45) is 0 Å². The van der Waals surface area contributed by atoms with E-state index in [1.54, 1.807) is 0 Å². The minimum absolute atomic E-state index is 0.249. The van der Waals surface area contributed by atoms with Gasteiger partial charge < -0.3 is 5.84 Å². The highest BCUT2D eigenvalue weighted by Gasteiger charge is 2.05. The molecule has 0 aromatic carbocycles. The molecule has 0 aliphatic heterocycles. The first kappa shape index (κ1) is 9.34. The fraction of sp³-hybridized carbons (Fsp3) is 0.500. The highest BCUT2D eigenvalue weighted by Crippen LogP contribution is 2.10. The van der Waals surface area contributed by atoms with Crippen LogP contribution in [0.25, 0.3) is 0 Å². The Morgan fingerprint density at radius 1 is 1.50 bits per heavy atom. The molecule has 1 heterocycles. The summed E-state index contributed by atoms with van der Waals surface area (Å²) in [7, 11) is 0. The van der Waals surface area contributed by atoms with Crippen molar-refractivity contribution in [3.63, 3.8) is 0 Å². The van der Waals surface area contributed by atoms with E-state index in [4.69, 9.17) is 30.3 Å². The van der Waals surface area contributed by atoms with Gasteiger partial charge in [0.05, 0.1) is 5.69 Å². The average molecular weight is 202 g/mol. The molecule has 3 N–H and O–H groups in total. The van der Waals surface area contributed by atoms with Crippen LogP contribution in [-0.2, 0) is 0 Å². The van der Waals surface area contributed by atoms with Crippen LogP contribution in [0.1, 0.15) is 25.5 Å². The smallest absolute Gasteiger partial charge is 0.213 e. The highest BCUT2D eigenvalue weighted by molar-refractivity contribution is 7.72. The van der Waals surface area contributed by atoms with Crippen LogP contribution in [0.15, 0.2) is 0 Å². The van der Waals surface area contributed by atoms with Crippen molar-refractivity contribution < 1.29 is 0 Å². The molecule has 66 valence electrons. The minimum Gasteiger partial charge on any atom is -0.336 e. The second kappa shape index (κ2) is 3.32. The lowest BCUT2D eigenvalue weighted by molar-refractivity contribution is 0.714. The maximum atomic E-state index is 5.56. The van der Waals surface area contributed by atoms with E-state index in [1.807, 2.05) is 13.8 Å². The zero-order valence-corrected chi connectivity index (χ0v) is 8.50. The summed E-state index contributed by atoms with van der Waals surface area (Å²) in [5, 5.41) is 6.63. The van der Waals surface area contributed by atoms with E-state index in [1.165, 1.54) is 4.68 Å². The predicted molar refractivity (Wildman–Crippen MR) is 52.5 cm³/mol. The summed E-state index contributed by atoms with van der Waals surface area (Å²) in [6, 6.07) is 0.